The molecule has 2 aromatic heterocycles. The molecule has 0 spiro atoms. The zero-order chi connectivity index (χ0) is 17.9. The smallest absolute Gasteiger partial charge is 0.271 e. The van der Waals surface area contributed by atoms with Crippen LogP contribution in [0, 0.1) is 0 Å². The highest BCUT2D eigenvalue weighted by atomic mass is 32.1. The van der Waals surface area contributed by atoms with Crippen molar-refractivity contribution in [3.63, 3.8) is 0 Å². The van der Waals surface area contributed by atoms with Gasteiger partial charge in [0.1, 0.15) is 5.56 Å². The van der Waals surface area contributed by atoms with Crippen LogP contribution in [0.2, 0.25) is 0 Å². The van der Waals surface area contributed by atoms with E-state index in [-0.39, 0.29) is 23.1 Å². The average Bonchev–Trinajstić information content (AvgIpc) is 3.35. The summed E-state index contributed by atoms with van der Waals surface area (Å²) in [7, 11) is 0. The van der Waals surface area contributed by atoms with Gasteiger partial charge in [-0.25, -0.2) is 4.98 Å². The second kappa shape index (κ2) is 7.39. The first-order valence-electron chi connectivity index (χ1n) is 8.76. The summed E-state index contributed by atoms with van der Waals surface area (Å²) in [5.41, 5.74) is 0.929. The molecule has 3 heterocycles. The number of nitrogens with one attached hydrogen (secondary N) is 1. The first-order chi connectivity index (χ1) is 12.7. The number of likely N-dealkylation sites (tertiary alicyclic amines) is 1. The molecule has 0 aliphatic carbocycles. The minimum atomic E-state index is -0.372. The second-order valence-corrected chi connectivity index (χ2v) is 7.29. The fourth-order valence-electron chi connectivity index (χ4n) is 3.45. The highest BCUT2D eigenvalue weighted by Gasteiger charge is 2.24. The van der Waals surface area contributed by atoms with Crippen LogP contribution in [0.5, 0.6) is 0 Å². The van der Waals surface area contributed by atoms with Gasteiger partial charge in [-0.2, -0.15) is 0 Å². The van der Waals surface area contributed by atoms with E-state index in [9.17, 15) is 9.59 Å². The van der Waals surface area contributed by atoms with E-state index in [1.165, 1.54) is 40.3 Å². The summed E-state index contributed by atoms with van der Waals surface area (Å²) < 4.78 is 1.41. The molecule has 4 rings (SSSR count). The van der Waals surface area contributed by atoms with Crippen LogP contribution < -0.4 is 10.9 Å². The van der Waals surface area contributed by atoms with Crippen molar-refractivity contribution < 1.29 is 4.79 Å². The summed E-state index contributed by atoms with van der Waals surface area (Å²) >= 11 is 1.37. The largest absolute Gasteiger partial charge is 0.350 e. The molecule has 1 amide bonds. The highest BCUT2D eigenvalue weighted by Crippen LogP contribution is 2.24. The second-order valence-electron chi connectivity index (χ2n) is 6.41. The van der Waals surface area contributed by atoms with Crippen LogP contribution in [0.4, 0.5) is 0 Å². The van der Waals surface area contributed by atoms with Gasteiger partial charge in [-0.1, -0.05) is 30.3 Å². The maximum absolute atomic E-state index is 12.6. The van der Waals surface area contributed by atoms with Crippen molar-refractivity contribution in [2.45, 2.75) is 18.9 Å². The number of carbonyl (C=O) groups excluding carboxylic acids is 1. The van der Waals surface area contributed by atoms with E-state index in [1.807, 2.05) is 18.2 Å². The SMILES string of the molecule is O=C(NCC(c1ccccc1)N1CCCC1)c1cnc2sccn2c1=O. The molecule has 26 heavy (non-hydrogen) atoms. The number of thiazole rings is 1. The summed E-state index contributed by atoms with van der Waals surface area (Å²) in [6, 6.07) is 10.3. The lowest BCUT2D eigenvalue weighted by molar-refractivity contribution is 0.0936. The Kier molecular flexibility index (Phi) is 4.81. The number of hydrogen-bond donors (Lipinski definition) is 1. The number of aromatic nitrogens is 2. The van der Waals surface area contributed by atoms with E-state index < -0.39 is 0 Å². The monoisotopic (exact) mass is 368 g/mol. The fraction of sp³-hybridized carbons (Fsp3) is 0.316. The lowest BCUT2D eigenvalue weighted by Crippen LogP contribution is -2.38. The van der Waals surface area contributed by atoms with E-state index >= 15 is 0 Å². The Bertz CT molecular complexity index is 960. The predicted octanol–water partition coefficient (Wildman–Crippen LogP) is 2.32. The van der Waals surface area contributed by atoms with E-state index in [0.29, 0.717) is 11.5 Å². The van der Waals surface area contributed by atoms with Gasteiger partial charge in [0, 0.05) is 24.3 Å². The summed E-state index contributed by atoms with van der Waals surface area (Å²) in [5.74, 6) is -0.372. The van der Waals surface area contributed by atoms with Crippen molar-refractivity contribution in [2.75, 3.05) is 19.6 Å². The number of rotatable bonds is 5. The molecule has 0 radical (unpaired) electrons. The van der Waals surface area contributed by atoms with Crippen molar-refractivity contribution in [1.82, 2.24) is 19.6 Å². The number of benzene rings is 1. The molecule has 1 N–H and O–H groups in total. The first-order valence-corrected chi connectivity index (χ1v) is 9.64. The first kappa shape index (κ1) is 16.9. The topological polar surface area (TPSA) is 66.7 Å². The Morgan fingerprint density at radius 3 is 2.77 bits per heavy atom. The standard InChI is InChI=1S/C19H20N4O2S/c24-17(15-12-21-19-23(18(15)25)10-11-26-19)20-13-16(22-8-4-5-9-22)14-6-2-1-3-7-14/h1-3,6-7,10-12,16H,4-5,8-9,13H2,(H,20,24). The van der Waals surface area contributed by atoms with E-state index in [1.54, 1.807) is 11.6 Å². The van der Waals surface area contributed by atoms with Crippen LogP contribution in [0.15, 0.2) is 52.9 Å². The molecule has 6 nitrogen and oxygen atoms in total. The minimum Gasteiger partial charge on any atom is -0.350 e. The summed E-state index contributed by atoms with van der Waals surface area (Å²) in [5, 5.41) is 4.72. The third-order valence-corrected chi connectivity index (χ3v) is 5.58. The Balaban J connectivity index is 1.54. The van der Waals surface area contributed by atoms with Gasteiger partial charge < -0.3 is 5.32 Å². The summed E-state index contributed by atoms with van der Waals surface area (Å²) in [6.07, 6.45) is 5.37. The third kappa shape index (κ3) is 3.27. The van der Waals surface area contributed by atoms with Gasteiger partial charge in [0.05, 0.1) is 6.04 Å². The molecule has 1 atom stereocenters. The maximum atomic E-state index is 12.6. The Morgan fingerprint density at radius 2 is 2.00 bits per heavy atom. The van der Waals surface area contributed by atoms with Crippen LogP contribution in [0.25, 0.3) is 4.96 Å². The van der Waals surface area contributed by atoms with Gasteiger partial charge in [0.25, 0.3) is 11.5 Å². The van der Waals surface area contributed by atoms with Crippen molar-refractivity contribution in [2.24, 2.45) is 0 Å². The molecule has 7 heteroatoms. The zero-order valence-corrected chi connectivity index (χ0v) is 15.1. The van der Waals surface area contributed by atoms with E-state index in [2.05, 4.69) is 27.3 Å². The summed E-state index contributed by atoms with van der Waals surface area (Å²) in [6.45, 7) is 2.52. The van der Waals surface area contributed by atoms with Crippen molar-refractivity contribution in [3.8, 4) is 0 Å². The molecule has 1 aliphatic heterocycles. The number of carbonyl (C=O) groups is 1. The molecule has 1 unspecified atom stereocenters. The molecule has 0 saturated carbocycles. The number of hydrogen-bond acceptors (Lipinski definition) is 5. The van der Waals surface area contributed by atoms with Gasteiger partial charge >= 0.3 is 0 Å². The lowest BCUT2D eigenvalue weighted by atomic mass is 10.1. The lowest BCUT2D eigenvalue weighted by Gasteiger charge is -2.28. The zero-order valence-electron chi connectivity index (χ0n) is 14.3. The predicted molar refractivity (Wildman–Crippen MR) is 102 cm³/mol. The number of nitrogens with zero attached hydrogens (tertiary/aromatic N) is 3. The van der Waals surface area contributed by atoms with E-state index in [0.717, 1.165) is 13.1 Å². The maximum Gasteiger partial charge on any atom is 0.271 e. The van der Waals surface area contributed by atoms with Crippen molar-refractivity contribution in [1.29, 1.82) is 0 Å². The molecule has 1 aliphatic rings. The Labute approximate surface area is 155 Å². The third-order valence-electron chi connectivity index (χ3n) is 4.81. The molecule has 0 bridgehead atoms. The number of amides is 1. The van der Waals surface area contributed by atoms with Crippen LogP contribution in [-0.2, 0) is 0 Å². The quantitative estimate of drug-likeness (QED) is 0.751. The van der Waals surface area contributed by atoms with Crippen LogP contribution in [0.1, 0.15) is 34.8 Å². The molecular formula is C19H20N4O2S. The molecule has 1 saturated heterocycles. The van der Waals surface area contributed by atoms with Crippen LogP contribution in [-0.4, -0.2) is 39.8 Å². The van der Waals surface area contributed by atoms with Crippen LogP contribution >= 0.6 is 11.3 Å². The van der Waals surface area contributed by atoms with Crippen molar-refractivity contribution in [3.05, 3.63) is 69.6 Å². The van der Waals surface area contributed by atoms with Gasteiger partial charge in [0.15, 0.2) is 4.96 Å². The molecule has 3 aromatic rings. The highest BCUT2D eigenvalue weighted by molar-refractivity contribution is 7.15. The average molecular weight is 368 g/mol. The van der Waals surface area contributed by atoms with Gasteiger partial charge in [-0.05, 0) is 31.5 Å². The fourth-order valence-corrected chi connectivity index (χ4v) is 4.13. The van der Waals surface area contributed by atoms with Crippen LogP contribution in [0.3, 0.4) is 0 Å². The van der Waals surface area contributed by atoms with Crippen molar-refractivity contribution >= 4 is 22.2 Å². The van der Waals surface area contributed by atoms with Gasteiger partial charge in [0.2, 0.25) is 0 Å². The Morgan fingerprint density at radius 1 is 1.23 bits per heavy atom. The molecule has 1 fully saturated rings. The van der Waals surface area contributed by atoms with Gasteiger partial charge in [-0.15, -0.1) is 11.3 Å². The van der Waals surface area contributed by atoms with Gasteiger partial charge in [-0.3, -0.25) is 18.9 Å². The van der Waals surface area contributed by atoms with E-state index in [4.69, 9.17) is 0 Å². The molecule has 1 aromatic carbocycles. The summed E-state index contributed by atoms with van der Waals surface area (Å²) in [4.78, 5) is 32.2. The molecular weight excluding hydrogens is 348 g/mol. The number of fused-ring (bicyclic) bond motifs is 1. The normalized spacial score (nSPS) is 16.0. The minimum absolute atomic E-state index is 0.0779. The Hall–Kier alpha value is -2.51. The molecule has 134 valence electrons.